The summed E-state index contributed by atoms with van der Waals surface area (Å²) in [6.45, 7) is 8.65. The predicted molar refractivity (Wildman–Crippen MR) is 75.8 cm³/mol. The van der Waals surface area contributed by atoms with Gasteiger partial charge in [-0.25, -0.2) is 0 Å². The molecule has 16 heavy (non-hydrogen) atoms. The monoisotopic (exact) mass is 226 g/mol. The number of rotatable bonds is 7. The van der Waals surface area contributed by atoms with Gasteiger partial charge in [0.25, 0.3) is 0 Å². The second-order valence-electron chi connectivity index (χ2n) is 5.16. The van der Waals surface area contributed by atoms with Gasteiger partial charge in [0, 0.05) is 0 Å². The van der Waals surface area contributed by atoms with Crippen LogP contribution in [0.3, 0.4) is 0 Å². The van der Waals surface area contributed by atoms with Crippen LogP contribution in [0.25, 0.3) is 0 Å². The molecule has 0 N–H and O–H groups in total. The fraction of sp³-hybridized carbons (Fsp3) is 1.00. The van der Waals surface area contributed by atoms with Crippen LogP contribution in [0, 0.1) is 11.8 Å². The molecule has 0 heterocycles. The largest absolute Gasteiger partial charge is 0.0683 e. The van der Waals surface area contributed by atoms with Crippen LogP contribution in [0.2, 0.25) is 0 Å². The third-order valence-electron chi connectivity index (χ3n) is 3.94. The molecule has 0 aromatic heterocycles. The molecular formula is C16H34. The maximum absolute atomic E-state index is 2.36. The summed E-state index contributed by atoms with van der Waals surface area (Å²) >= 11 is 0. The third kappa shape index (κ3) is 7.30. The minimum atomic E-state index is 1.08. The van der Waals surface area contributed by atoms with E-state index in [0.717, 1.165) is 11.8 Å². The average molecular weight is 226 g/mol. The summed E-state index contributed by atoms with van der Waals surface area (Å²) in [6.07, 6.45) is 14.8. The smallest absolute Gasteiger partial charge is 0.0412 e. The molecule has 2 unspecified atom stereocenters. The Labute approximate surface area is 104 Å². The summed E-state index contributed by atoms with van der Waals surface area (Å²) in [4.78, 5) is 0. The van der Waals surface area contributed by atoms with Crippen molar-refractivity contribution >= 4 is 0 Å². The van der Waals surface area contributed by atoms with Crippen LogP contribution < -0.4 is 0 Å². The zero-order chi connectivity index (χ0) is 12.2. The van der Waals surface area contributed by atoms with Gasteiger partial charge >= 0.3 is 0 Å². The van der Waals surface area contributed by atoms with Crippen molar-refractivity contribution < 1.29 is 0 Å². The summed E-state index contributed by atoms with van der Waals surface area (Å²) in [5.74, 6) is 2.18. The summed E-state index contributed by atoms with van der Waals surface area (Å²) in [7, 11) is 0. The van der Waals surface area contributed by atoms with Gasteiger partial charge in [0.1, 0.15) is 0 Å². The van der Waals surface area contributed by atoms with Crippen LogP contribution in [0.4, 0.5) is 0 Å². The average Bonchev–Trinajstić information content (AvgIpc) is 2.79. The zero-order valence-electron chi connectivity index (χ0n) is 12.2. The van der Waals surface area contributed by atoms with Crippen molar-refractivity contribution in [2.24, 2.45) is 11.8 Å². The first-order valence-electron chi connectivity index (χ1n) is 7.86. The van der Waals surface area contributed by atoms with Crippen LogP contribution in [-0.4, -0.2) is 0 Å². The molecule has 0 radical (unpaired) electrons. The fourth-order valence-electron chi connectivity index (χ4n) is 2.85. The van der Waals surface area contributed by atoms with Gasteiger partial charge in [0.15, 0.2) is 0 Å². The zero-order valence-corrected chi connectivity index (χ0v) is 12.2. The van der Waals surface area contributed by atoms with Gasteiger partial charge in [-0.05, 0) is 18.3 Å². The van der Waals surface area contributed by atoms with Crippen LogP contribution >= 0.6 is 0 Å². The summed E-state index contributed by atoms with van der Waals surface area (Å²) < 4.78 is 0. The molecule has 0 aromatic carbocycles. The van der Waals surface area contributed by atoms with E-state index in [1.54, 1.807) is 6.42 Å². The maximum atomic E-state index is 2.36. The minimum Gasteiger partial charge on any atom is -0.0683 e. The normalized spacial score (nSPS) is 24.0. The molecule has 1 aliphatic rings. The lowest BCUT2D eigenvalue weighted by Gasteiger charge is -2.09. The standard InChI is InChI=1S/C14H28.C2H6/c1-3-5-6-7-8-9-14-11-10-13(4-2)12-14;1-2/h13-14H,3-12H2,1-2H3;1-2H3. The molecular weight excluding hydrogens is 192 g/mol. The molecule has 0 spiro atoms. The highest BCUT2D eigenvalue weighted by atomic mass is 14.3. The van der Waals surface area contributed by atoms with Gasteiger partial charge in [-0.15, -0.1) is 0 Å². The quantitative estimate of drug-likeness (QED) is 0.453. The lowest BCUT2D eigenvalue weighted by molar-refractivity contribution is 0.435. The Hall–Kier alpha value is 0. The molecule has 0 amide bonds. The summed E-state index contributed by atoms with van der Waals surface area (Å²) in [5.41, 5.74) is 0. The number of hydrogen-bond acceptors (Lipinski definition) is 0. The van der Waals surface area contributed by atoms with E-state index in [1.165, 1.54) is 57.8 Å². The van der Waals surface area contributed by atoms with Crippen LogP contribution in [0.15, 0.2) is 0 Å². The van der Waals surface area contributed by atoms with Gasteiger partial charge in [0.2, 0.25) is 0 Å². The minimum absolute atomic E-state index is 1.08. The van der Waals surface area contributed by atoms with E-state index in [1.807, 2.05) is 13.8 Å². The molecule has 1 aliphatic carbocycles. The highest BCUT2D eigenvalue weighted by molar-refractivity contribution is 4.74. The SMILES string of the molecule is CC.CCCCCCCC1CCC(CC)C1. The van der Waals surface area contributed by atoms with Crippen molar-refractivity contribution in [2.75, 3.05) is 0 Å². The van der Waals surface area contributed by atoms with Crippen molar-refractivity contribution in [3.63, 3.8) is 0 Å². The first-order valence-corrected chi connectivity index (χ1v) is 7.86. The van der Waals surface area contributed by atoms with Crippen molar-refractivity contribution in [1.29, 1.82) is 0 Å². The van der Waals surface area contributed by atoms with E-state index in [2.05, 4.69) is 13.8 Å². The van der Waals surface area contributed by atoms with Crippen LogP contribution in [-0.2, 0) is 0 Å². The Morgan fingerprint density at radius 1 is 0.812 bits per heavy atom. The van der Waals surface area contributed by atoms with Gasteiger partial charge in [-0.3, -0.25) is 0 Å². The van der Waals surface area contributed by atoms with E-state index < -0.39 is 0 Å². The Kier molecular flexibility index (Phi) is 11.5. The Bertz CT molecular complexity index is 128. The van der Waals surface area contributed by atoms with E-state index in [9.17, 15) is 0 Å². The first kappa shape index (κ1) is 16.0. The Morgan fingerprint density at radius 3 is 2.00 bits per heavy atom. The molecule has 0 saturated heterocycles. The maximum Gasteiger partial charge on any atom is -0.0412 e. The number of hydrogen-bond donors (Lipinski definition) is 0. The van der Waals surface area contributed by atoms with Gasteiger partial charge < -0.3 is 0 Å². The lowest BCUT2D eigenvalue weighted by atomic mass is 9.97. The number of unbranched alkanes of at least 4 members (excludes halogenated alkanes) is 4. The van der Waals surface area contributed by atoms with Crippen LogP contribution in [0.5, 0.6) is 0 Å². The Balaban J connectivity index is 0.00000106. The molecule has 1 fully saturated rings. The lowest BCUT2D eigenvalue weighted by Crippen LogP contribution is -1.95. The van der Waals surface area contributed by atoms with Crippen molar-refractivity contribution in [1.82, 2.24) is 0 Å². The molecule has 2 atom stereocenters. The molecule has 0 nitrogen and oxygen atoms in total. The van der Waals surface area contributed by atoms with Gasteiger partial charge in [-0.1, -0.05) is 85.5 Å². The molecule has 0 aromatic rings. The molecule has 0 bridgehead atoms. The first-order chi connectivity index (χ1) is 7.86. The molecule has 0 aliphatic heterocycles. The van der Waals surface area contributed by atoms with Crippen molar-refractivity contribution in [3.05, 3.63) is 0 Å². The summed E-state index contributed by atoms with van der Waals surface area (Å²) in [6, 6.07) is 0. The molecule has 98 valence electrons. The third-order valence-corrected chi connectivity index (χ3v) is 3.94. The highest BCUT2D eigenvalue weighted by Gasteiger charge is 2.22. The topological polar surface area (TPSA) is 0 Å². The fourth-order valence-corrected chi connectivity index (χ4v) is 2.85. The molecule has 1 rings (SSSR count). The summed E-state index contributed by atoms with van der Waals surface area (Å²) in [5, 5.41) is 0. The molecule has 0 heteroatoms. The van der Waals surface area contributed by atoms with Crippen molar-refractivity contribution in [2.45, 2.75) is 91.9 Å². The van der Waals surface area contributed by atoms with E-state index in [-0.39, 0.29) is 0 Å². The van der Waals surface area contributed by atoms with Crippen LogP contribution in [0.1, 0.15) is 91.9 Å². The molecule has 1 saturated carbocycles. The highest BCUT2D eigenvalue weighted by Crippen LogP contribution is 2.35. The van der Waals surface area contributed by atoms with Gasteiger partial charge in [0.05, 0.1) is 0 Å². The van der Waals surface area contributed by atoms with E-state index in [4.69, 9.17) is 0 Å². The van der Waals surface area contributed by atoms with E-state index in [0.29, 0.717) is 0 Å². The Morgan fingerprint density at radius 2 is 1.44 bits per heavy atom. The van der Waals surface area contributed by atoms with Gasteiger partial charge in [-0.2, -0.15) is 0 Å². The van der Waals surface area contributed by atoms with Crippen molar-refractivity contribution in [3.8, 4) is 0 Å². The second-order valence-corrected chi connectivity index (χ2v) is 5.16. The van der Waals surface area contributed by atoms with E-state index >= 15 is 0 Å². The predicted octanol–water partition coefficient (Wildman–Crippen LogP) is 6.20. The second kappa shape index (κ2) is 11.5.